The second-order valence-corrected chi connectivity index (χ2v) is 3.75. The Balaban J connectivity index is 2.11. The quantitative estimate of drug-likeness (QED) is 0.846. The van der Waals surface area contributed by atoms with E-state index in [1.807, 2.05) is 30.1 Å². The maximum Gasteiger partial charge on any atom is 0.147 e. The third-order valence-corrected chi connectivity index (χ3v) is 2.40. The number of pyridine rings is 1. The average Bonchev–Trinajstić information content (AvgIpc) is 2.40. The highest BCUT2D eigenvalue weighted by atomic mass is 15.2. The number of hydrogen-bond donors (Lipinski definition) is 1. The van der Waals surface area contributed by atoms with Gasteiger partial charge in [0.05, 0.1) is 24.1 Å². The lowest BCUT2D eigenvalue weighted by atomic mass is 10.3. The van der Waals surface area contributed by atoms with Crippen LogP contribution in [-0.2, 0) is 13.1 Å². The summed E-state index contributed by atoms with van der Waals surface area (Å²) in [5, 5.41) is 0. The van der Waals surface area contributed by atoms with E-state index in [-0.39, 0.29) is 0 Å². The van der Waals surface area contributed by atoms with Gasteiger partial charge in [0.2, 0.25) is 0 Å². The Labute approximate surface area is 100 Å². The number of nitrogens with two attached hydrogens (primary N) is 1. The van der Waals surface area contributed by atoms with Gasteiger partial charge >= 0.3 is 0 Å². The van der Waals surface area contributed by atoms with E-state index in [1.165, 1.54) is 0 Å². The van der Waals surface area contributed by atoms with Gasteiger partial charge in [0.25, 0.3) is 0 Å². The molecule has 0 aliphatic rings. The van der Waals surface area contributed by atoms with Crippen LogP contribution in [0, 0.1) is 0 Å². The number of rotatable bonds is 4. The summed E-state index contributed by atoms with van der Waals surface area (Å²) in [7, 11) is 1.96. The fraction of sp³-hybridized carbons (Fsp3) is 0.250. The molecule has 0 spiro atoms. The molecule has 0 saturated carbocycles. The van der Waals surface area contributed by atoms with Crippen molar-refractivity contribution in [1.29, 1.82) is 0 Å². The van der Waals surface area contributed by atoms with Crippen LogP contribution >= 0.6 is 0 Å². The zero-order valence-corrected chi connectivity index (χ0v) is 9.74. The van der Waals surface area contributed by atoms with Crippen molar-refractivity contribution >= 4 is 5.82 Å². The summed E-state index contributed by atoms with van der Waals surface area (Å²) in [6, 6.07) is 5.85. The van der Waals surface area contributed by atoms with E-state index in [1.54, 1.807) is 18.6 Å². The Bertz CT molecular complexity index is 471. The molecule has 0 saturated heterocycles. The van der Waals surface area contributed by atoms with Crippen LogP contribution in [0.3, 0.4) is 0 Å². The smallest absolute Gasteiger partial charge is 0.147 e. The van der Waals surface area contributed by atoms with Gasteiger partial charge in [-0.1, -0.05) is 6.07 Å². The first kappa shape index (κ1) is 11.5. The van der Waals surface area contributed by atoms with E-state index in [0.29, 0.717) is 13.1 Å². The molecule has 0 bridgehead atoms. The molecule has 5 heteroatoms. The van der Waals surface area contributed by atoms with Gasteiger partial charge in [-0.15, -0.1) is 0 Å². The molecule has 88 valence electrons. The van der Waals surface area contributed by atoms with Crippen LogP contribution in [0.4, 0.5) is 5.82 Å². The maximum absolute atomic E-state index is 5.54. The van der Waals surface area contributed by atoms with Gasteiger partial charge in [0, 0.05) is 26.0 Å². The van der Waals surface area contributed by atoms with Crippen molar-refractivity contribution in [2.24, 2.45) is 5.73 Å². The van der Waals surface area contributed by atoms with Crippen LogP contribution in [0.25, 0.3) is 0 Å². The normalized spacial score (nSPS) is 10.2. The number of hydrogen-bond acceptors (Lipinski definition) is 5. The molecule has 2 N–H and O–H groups in total. The fourth-order valence-corrected chi connectivity index (χ4v) is 1.49. The molecule has 0 aliphatic heterocycles. The Morgan fingerprint density at radius 1 is 1.24 bits per heavy atom. The molecular weight excluding hydrogens is 214 g/mol. The first-order valence-electron chi connectivity index (χ1n) is 5.41. The number of anilines is 1. The average molecular weight is 229 g/mol. The topological polar surface area (TPSA) is 67.9 Å². The minimum Gasteiger partial charge on any atom is -0.352 e. The SMILES string of the molecule is CN(Cc1ccccn1)c1cncc(CN)n1. The molecule has 2 aromatic heterocycles. The van der Waals surface area contributed by atoms with Crippen molar-refractivity contribution in [3.05, 3.63) is 48.2 Å². The lowest BCUT2D eigenvalue weighted by Crippen LogP contribution is -2.19. The molecule has 0 aromatic carbocycles. The molecule has 0 atom stereocenters. The van der Waals surface area contributed by atoms with Crippen molar-refractivity contribution in [3.8, 4) is 0 Å². The minimum absolute atomic E-state index is 0.401. The van der Waals surface area contributed by atoms with Crippen molar-refractivity contribution in [2.45, 2.75) is 13.1 Å². The molecule has 5 nitrogen and oxygen atoms in total. The molecule has 0 radical (unpaired) electrons. The predicted molar refractivity (Wildman–Crippen MR) is 66.3 cm³/mol. The van der Waals surface area contributed by atoms with Crippen LogP contribution in [0.1, 0.15) is 11.4 Å². The van der Waals surface area contributed by atoms with Gasteiger partial charge in [0.15, 0.2) is 0 Å². The van der Waals surface area contributed by atoms with Crippen LogP contribution < -0.4 is 10.6 Å². The molecule has 0 amide bonds. The predicted octanol–water partition coefficient (Wildman–Crippen LogP) is 0.967. The van der Waals surface area contributed by atoms with E-state index >= 15 is 0 Å². The Kier molecular flexibility index (Phi) is 3.62. The van der Waals surface area contributed by atoms with E-state index in [4.69, 9.17) is 5.73 Å². The van der Waals surface area contributed by atoms with E-state index in [9.17, 15) is 0 Å². The fourth-order valence-electron chi connectivity index (χ4n) is 1.49. The molecule has 2 aromatic rings. The lowest BCUT2D eigenvalue weighted by molar-refractivity contribution is 0.843. The van der Waals surface area contributed by atoms with Gasteiger partial charge in [-0.25, -0.2) is 4.98 Å². The molecule has 2 heterocycles. The highest BCUT2D eigenvalue weighted by molar-refractivity contribution is 5.35. The standard InChI is InChI=1S/C12H15N5/c1-17(9-10-4-2-3-5-15-10)12-8-14-7-11(6-13)16-12/h2-5,7-8H,6,9,13H2,1H3. The lowest BCUT2D eigenvalue weighted by Gasteiger charge is -2.17. The van der Waals surface area contributed by atoms with Crippen LogP contribution in [0.15, 0.2) is 36.8 Å². The van der Waals surface area contributed by atoms with Crippen LogP contribution in [0.5, 0.6) is 0 Å². The Morgan fingerprint density at radius 2 is 2.12 bits per heavy atom. The highest BCUT2D eigenvalue weighted by Gasteiger charge is 2.05. The summed E-state index contributed by atoms with van der Waals surface area (Å²) in [4.78, 5) is 14.8. The zero-order chi connectivity index (χ0) is 12.1. The summed E-state index contributed by atoms with van der Waals surface area (Å²) in [6.45, 7) is 1.10. The largest absolute Gasteiger partial charge is 0.352 e. The number of nitrogens with zero attached hydrogens (tertiary/aromatic N) is 4. The summed E-state index contributed by atoms with van der Waals surface area (Å²) in [6.07, 6.45) is 5.19. The van der Waals surface area contributed by atoms with Crippen LogP contribution in [0.2, 0.25) is 0 Å². The minimum atomic E-state index is 0.401. The second kappa shape index (κ2) is 5.36. The number of aromatic nitrogens is 3. The Morgan fingerprint density at radius 3 is 2.82 bits per heavy atom. The van der Waals surface area contributed by atoms with Crippen molar-refractivity contribution < 1.29 is 0 Å². The third-order valence-electron chi connectivity index (χ3n) is 2.40. The van der Waals surface area contributed by atoms with Crippen molar-refractivity contribution in [3.63, 3.8) is 0 Å². The van der Waals surface area contributed by atoms with Gasteiger partial charge in [-0.2, -0.15) is 0 Å². The van der Waals surface area contributed by atoms with Gasteiger partial charge in [0.1, 0.15) is 5.82 Å². The molecule has 2 rings (SSSR count). The first-order valence-corrected chi connectivity index (χ1v) is 5.41. The summed E-state index contributed by atoms with van der Waals surface area (Å²) < 4.78 is 0. The second-order valence-electron chi connectivity index (χ2n) is 3.75. The monoisotopic (exact) mass is 229 g/mol. The van der Waals surface area contributed by atoms with Crippen molar-refractivity contribution in [1.82, 2.24) is 15.0 Å². The molecule has 0 aliphatic carbocycles. The van der Waals surface area contributed by atoms with Gasteiger partial charge in [-0.3, -0.25) is 9.97 Å². The zero-order valence-electron chi connectivity index (χ0n) is 9.74. The van der Waals surface area contributed by atoms with Gasteiger partial charge in [-0.05, 0) is 12.1 Å². The van der Waals surface area contributed by atoms with E-state index in [2.05, 4.69) is 15.0 Å². The first-order chi connectivity index (χ1) is 8.29. The maximum atomic E-state index is 5.54. The van der Waals surface area contributed by atoms with Gasteiger partial charge < -0.3 is 10.6 Å². The van der Waals surface area contributed by atoms with Crippen molar-refractivity contribution in [2.75, 3.05) is 11.9 Å². The molecule has 0 fully saturated rings. The summed E-state index contributed by atoms with van der Waals surface area (Å²) in [5.74, 6) is 0.804. The van der Waals surface area contributed by atoms with Crippen LogP contribution in [-0.4, -0.2) is 22.0 Å². The highest BCUT2D eigenvalue weighted by Crippen LogP contribution is 2.10. The molecule has 0 unspecified atom stereocenters. The summed E-state index contributed by atoms with van der Waals surface area (Å²) >= 11 is 0. The Hall–Kier alpha value is -2.01. The summed E-state index contributed by atoms with van der Waals surface area (Å²) in [5.41, 5.74) is 7.32. The van der Waals surface area contributed by atoms with E-state index in [0.717, 1.165) is 17.2 Å². The molecule has 17 heavy (non-hydrogen) atoms. The molecular formula is C12H15N5. The third kappa shape index (κ3) is 2.98. The van der Waals surface area contributed by atoms with E-state index < -0.39 is 0 Å².